The molecule has 0 amide bonds. The van der Waals surface area contributed by atoms with E-state index in [1.54, 1.807) is 17.4 Å². The predicted molar refractivity (Wildman–Crippen MR) is 96.2 cm³/mol. The molecular weight excluding hydrogens is 396 g/mol. The summed E-state index contributed by atoms with van der Waals surface area (Å²) < 4.78 is 14.0. The monoisotopic (exact) mass is 409 g/mol. The largest absolute Gasteiger partial charge is 0.379 e. The van der Waals surface area contributed by atoms with Crippen LogP contribution in [0.25, 0.3) is 10.4 Å². The molecule has 21 heavy (non-hydrogen) atoms. The zero-order valence-corrected chi connectivity index (χ0v) is 14.1. The fourth-order valence-corrected chi connectivity index (χ4v) is 3.67. The van der Waals surface area contributed by atoms with Gasteiger partial charge < -0.3 is 5.32 Å². The highest BCUT2D eigenvalue weighted by molar-refractivity contribution is 14.1. The molecule has 0 saturated carbocycles. The van der Waals surface area contributed by atoms with Crippen molar-refractivity contribution >= 4 is 39.6 Å². The Morgan fingerprint density at radius 2 is 1.81 bits per heavy atom. The van der Waals surface area contributed by atoms with E-state index in [2.05, 4.69) is 52.2 Å². The van der Waals surface area contributed by atoms with Gasteiger partial charge in [0, 0.05) is 25.6 Å². The standard InChI is InChI=1S/C17H13FINS/c18-13-6-8-16(15(19)10-13)20-11-14-7-9-17(21-14)12-4-2-1-3-5-12/h1-10,20H,11H2. The minimum absolute atomic E-state index is 0.201. The molecule has 0 aliphatic carbocycles. The van der Waals surface area contributed by atoms with E-state index in [4.69, 9.17) is 0 Å². The number of rotatable bonds is 4. The van der Waals surface area contributed by atoms with Gasteiger partial charge in [-0.3, -0.25) is 0 Å². The van der Waals surface area contributed by atoms with Crippen molar-refractivity contribution in [1.82, 2.24) is 0 Å². The minimum atomic E-state index is -0.201. The maximum Gasteiger partial charge on any atom is 0.124 e. The summed E-state index contributed by atoms with van der Waals surface area (Å²) in [4.78, 5) is 2.52. The first-order valence-corrected chi connectivity index (χ1v) is 8.45. The molecule has 0 unspecified atom stereocenters. The molecule has 3 rings (SSSR count). The molecule has 0 spiro atoms. The fraction of sp³-hybridized carbons (Fsp3) is 0.0588. The van der Waals surface area contributed by atoms with Crippen LogP contribution in [0.4, 0.5) is 10.1 Å². The van der Waals surface area contributed by atoms with Gasteiger partial charge in [0.2, 0.25) is 0 Å². The van der Waals surface area contributed by atoms with Crippen molar-refractivity contribution in [2.24, 2.45) is 0 Å². The van der Waals surface area contributed by atoms with Gasteiger partial charge in [0.15, 0.2) is 0 Å². The number of nitrogens with one attached hydrogen (secondary N) is 1. The van der Waals surface area contributed by atoms with Crippen LogP contribution < -0.4 is 5.32 Å². The first-order chi connectivity index (χ1) is 10.2. The molecule has 1 N–H and O–H groups in total. The van der Waals surface area contributed by atoms with Crippen LogP contribution in [0, 0.1) is 9.39 Å². The fourth-order valence-electron chi connectivity index (χ4n) is 2.05. The lowest BCUT2D eigenvalue weighted by Gasteiger charge is -2.07. The molecule has 1 nitrogen and oxygen atoms in total. The van der Waals surface area contributed by atoms with Gasteiger partial charge in [-0.25, -0.2) is 4.39 Å². The molecule has 4 heteroatoms. The second-order valence-electron chi connectivity index (χ2n) is 4.61. The van der Waals surface area contributed by atoms with Gasteiger partial charge >= 0.3 is 0 Å². The molecular formula is C17H13FINS. The molecule has 0 aliphatic rings. The number of benzene rings is 2. The normalized spacial score (nSPS) is 10.6. The van der Waals surface area contributed by atoms with Gasteiger partial charge in [0.05, 0.1) is 0 Å². The SMILES string of the molecule is Fc1ccc(NCc2ccc(-c3ccccc3)s2)c(I)c1. The summed E-state index contributed by atoms with van der Waals surface area (Å²) in [6, 6.07) is 19.4. The third-order valence-corrected chi connectivity index (χ3v) is 5.13. The van der Waals surface area contributed by atoms with Gasteiger partial charge in [-0.15, -0.1) is 11.3 Å². The van der Waals surface area contributed by atoms with Crippen LogP contribution in [0.1, 0.15) is 4.88 Å². The zero-order valence-electron chi connectivity index (χ0n) is 11.1. The molecule has 0 radical (unpaired) electrons. The van der Waals surface area contributed by atoms with Gasteiger partial charge in [-0.2, -0.15) is 0 Å². The molecule has 106 valence electrons. The Morgan fingerprint density at radius 1 is 1.00 bits per heavy atom. The van der Waals surface area contributed by atoms with E-state index >= 15 is 0 Å². The molecule has 0 fully saturated rings. The number of halogens is 2. The summed E-state index contributed by atoms with van der Waals surface area (Å²) in [5.41, 5.74) is 2.21. The molecule has 0 saturated heterocycles. The second-order valence-corrected chi connectivity index (χ2v) is 6.94. The van der Waals surface area contributed by atoms with Crippen molar-refractivity contribution in [1.29, 1.82) is 0 Å². The van der Waals surface area contributed by atoms with E-state index in [1.807, 2.05) is 18.2 Å². The van der Waals surface area contributed by atoms with Gasteiger partial charge in [0.25, 0.3) is 0 Å². The number of hydrogen-bond donors (Lipinski definition) is 1. The summed E-state index contributed by atoms with van der Waals surface area (Å²) in [5.74, 6) is -0.201. The van der Waals surface area contributed by atoms with Gasteiger partial charge in [-0.1, -0.05) is 30.3 Å². The topological polar surface area (TPSA) is 12.0 Å². The summed E-state index contributed by atoms with van der Waals surface area (Å²) in [7, 11) is 0. The maximum atomic E-state index is 13.1. The first-order valence-electron chi connectivity index (χ1n) is 6.55. The summed E-state index contributed by atoms with van der Waals surface area (Å²) in [6.45, 7) is 0.749. The molecule has 1 aromatic heterocycles. The number of anilines is 1. The van der Waals surface area contributed by atoms with E-state index in [9.17, 15) is 4.39 Å². The predicted octanol–water partition coefficient (Wildman–Crippen LogP) is 5.77. The maximum absolute atomic E-state index is 13.1. The van der Waals surface area contributed by atoms with Crippen LogP contribution >= 0.6 is 33.9 Å². The average Bonchev–Trinajstić information content (AvgIpc) is 2.96. The third kappa shape index (κ3) is 3.63. The van der Waals surface area contributed by atoms with E-state index in [0.717, 1.165) is 15.8 Å². The van der Waals surface area contributed by atoms with Crippen LogP contribution in [0.15, 0.2) is 60.7 Å². The van der Waals surface area contributed by atoms with Crippen molar-refractivity contribution in [3.8, 4) is 10.4 Å². The highest BCUT2D eigenvalue weighted by Crippen LogP contribution is 2.28. The Labute approximate surface area is 141 Å². The lowest BCUT2D eigenvalue weighted by molar-refractivity contribution is 0.627. The van der Waals surface area contributed by atoms with Crippen molar-refractivity contribution in [3.05, 3.63) is 74.9 Å². The quantitative estimate of drug-likeness (QED) is 0.540. The van der Waals surface area contributed by atoms with E-state index in [1.165, 1.54) is 27.5 Å². The van der Waals surface area contributed by atoms with E-state index < -0.39 is 0 Å². The molecule has 0 aliphatic heterocycles. The van der Waals surface area contributed by atoms with Crippen LogP contribution in [0.2, 0.25) is 0 Å². The Bertz CT molecular complexity index is 740. The zero-order chi connectivity index (χ0) is 14.7. The third-order valence-electron chi connectivity index (χ3n) is 3.10. The van der Waals surface area contributed by atoms with E-state index in [-0.39, 0.29) is 5.82 Å². The van der Waals surface area contributed by atoms with Crippen LogP contribution in [0.5, 0.6) is 0 Å². The Kier molecular flexibility index (Phi) is 4.55. The molecule has 3 aromatic rings. The number of hydrogen-bond acceptors (Lipinski definition) is 2. The summed E-state index contributed by atoms with van der Waals surface area (Å²) in [6.07, 6.45) is 0. The number of thiophene rings is 1. The Hall–Kier alpha value is -1.40. The highest BCUT2D eigenvalue weighted by Gasteiger charge is 2.04. The van der Waals surface area contributed by atoms with E-state index in [0.29, 0.717) is 0 Å². The summed E-state index contributed by atoms with van der Waals surface area (Å²) >= 11 is 3.92. The Morgan fingerprint density at radius 3 is 2.57 bits per heavy atom. The lowest BCUT2D eigenvalue weighted by Crippen LogP contribution is -1.99. The molecule has 0 bridgehead atoms. The van der Waals surface area contributed by atoms with Crippen LogP contribution in [0.3, 0.4) is 0 Å². The smallest absolute Gasteiger partial charge is 0.124 e. The van der Waals surface area contributed by atoms with Crippen LogP contribution in [-0.2, 0) is 6.54 Å². The van der Waals surface area contributed by atoms with Gasteiger partial charge in [-0.05, 0) is 58.5 Å². The van der Waals surface area contributed by atoms with Gasteiger partial charge in [0.1, 0.15) is 5.82 Å². The molecule has 2 aromatic carbocycles. The highest BCUT2D eigenvalue weighted by atomic mass is 127. The van der Waals surface area contributed by atoms with Crippen molar-refractivity contribution in [2.75, 3.05) is 5.32 Å². The van der Waals surface area contributed by atoms with Crippen LogP contribution in [-0.4, -0.2) is 0 Å². The molecule has 1 heterocycles. The van der Waals surface area contributed by atoms with Crippen molar-refractivity contribution < 1.29 is 4.39 Å². The van der Waals surface area contributed by atoms with Crippen molar-refractivity contribution in [2.45, 2.75) is 6.54 Å². The minimum Gasteiger partial charge on any atom is -0.379 e. The lowest BCUT2D eigenvalue weighted by atomic mass is 10.2. The summed E-state index contributed by atoms with van der Waals surface area (Å²) in [5, 5.41) is 3.36. The second kappa shape index (κ2) is 6.58. The average molecular weight is 409 g/mol. The first kappa shape index (κ1) is 14.5. The molecule has 0 atom stereocenters. The van der Waals surface area contributed by atoms with Crippen molar-refractivity contribution in [3.63, 3.8) is 0 Å². The Balaban J connectivity index is 1.70.